The molecule has 3 aliphatic heterocycles. The number of benzene rings is 3. The highest BCUT2D eigenvalue weighted by Gasteiger charge is 2.64. The van der Waals surface area contributed by atoms with Crippen molar-refractivity contribution in [3.8, 4) is 5.75 Å². The lowest BCUT2D eigenvalue weighted by atomic mass is 9.88. The molecule has 13 heteroatoms. The third kappa shape index (κ3) is 3.97. The topological polar surface area (TPSA) is 165 Å². The van der Waals surface area contributed by atoms with Crippen LogP contribution in [0.25, 0.3) is 6.08 Å². The van der Waals surface area contributed by atoms with Gasteiger partial charge in [0.2, 0.25) is 17.7 Å². The van der Waals surface area contributed by atoms with Crippen LogP contribution in [0.5, 0.6) is 5.75 Å². The van der Waals surface area contributed by atoms with E-state index in [-0.39, 0.29) is 28.5 Å². The number of hydrogen-bond donors (Lipinski definition) is 1. The summed E-state index contributed by atoms with van der Waals surface area (Å²) in [6.07, 6.45) is 3.61. The minimum absolute atomic E-state index is 0.0765. The SMILES string of the molecule is COc1ccc([N+](=O)[O-])cc1N1C(=O)[C@@H]2[C@@H](C1=O)[C@@H]1C=Cc3ccccc3N1[C@@H]2C(=O)Nc1ccc([N+](=O)[O-])cc1. The molecule has 3 aliphatic rings. The number of nitrogens with one attached hydrogen (secondary N) is 1. The lowest BCUT2D eigenvalue weighted by Gasteiger charge is -2.36. The zero-order chi connectivity index (χ0) is 29.0. The third-order valence-corrected chi connectivity index (χ3v) is 7.64. The summed E-state index contributed by atoms with van der Waals surface area (Å²) < 4.78 is 5.32. The number of non-ortho nitro benzene ring substituents is 2. The molecular weight excluding hydrogens is 534 g/mol. The second-order valence-electron chi connectivity index (χ2n) is 9.73. The third-order valence-electron chi connectivity index (χ3n) is 7.64. The van der Waals surface area contributed by atoms with Crippen molar-refractivity contribution in [2.75, 3.05) is 22.2 Å². The molecule has 1 N–H and O–H groups in total. The maximum absolute atomic E-state index is 14.1. The highest BCUT2D eigenvalue weighted by atomic mass is 16.6. The first kappa shape index (κ1) is 25.7. The lowest BCUT2D eigenvalue weighted by molar-refractivity contribution is -0.385. The van der Waals surface area contributed by atoms with Gasteiger partial charge in [0.1, 0.15) is 17.5 Å². The Hall–Kier alpha value is -5.59. The van der Waals surface area contributed by atoms with E-state index in [1.54, 1.807) is 23.1 Å². The van der Waals surface area contributed by atoms with E-state index in [0.29, 0.717) is 5.69 Å². The minimum atomic E-state index is -1.14. The van der Waals surface area contributed by atoms with Crippen molar-refractivity contribution in [1.82, 2.24) is 0 Å². The molecule has 0 saturated carbocycles. The molecule has 2 fully saturated rings. The highest BCUT2D eigenvalue weighted by molar-refractivity contribution is 6.26. The molecule has 0 spiro atoms. The molecule has 0 unspecified atom stereocenters. The van der Waals surface area contributed by atoms with Gasteiger partial charge < -0.3 is 15.0 Å². The van der Waals surface area contributed by atoms with E-state index in [1.165, 1.54) is 43.5 Å². The zero-order valence-electron chi connectivity index (χ0n) is 21.4. The van der Waals surface area contributed by atoms with Crippen molar-refractivity contribution < 1.29 is 29.0 Å². The number of carbonyl (C=O) groups is 3. The second-order valence-corrected chi connectivity index (χ2v) is 9.73. The number of methoxy groups -OCH3 is 1. The number of imide groups is 1. The van der Waals surface area contributed by atoms with E-state index in [0.717, 1.165) is 16.5 Å². The van der Waals surface area contributed by atoms with Crippen molar-refractivity contribution in [3.05, 3.63) is 98.6 Å². The van der Waals surface area contributed by atoms with E-state index in [2.05, 4.69) is 5.32 Å². The van der Waals surface area contributed by atoms with Crippen LogP contribution in [0.15, 0.2) is 72.8 Å². The number of rotatable bonds is 6. The van der Waals surface area contributed by atoms with Crippen molar-refractivity contribution >= 4 is 52.2 Å². The first-order valence-electron chi connectivity index (χ1n) is 12.5. The van der Waals surface area contributed by atoms with Crippen LogP contribution in [0, 0.1) is 32.1 Å². The number of nitro benzene ring substituents is 2. The fourth-order valence-electron chi connectivity index (χ4n) is 5.90. The fraction of sp³-hybridized carbons (Fsp3) is 0.179. The van der Waals surface area contributed by atoms with Gasteiger partial charge in [-0.05, 0) is 29.8 Å². The molecule has 3 heterocycles. The number of nitrogens with zero attached hydrogens (tertiary/aromatic N) is 4. The Morgan fingerprint density at radius 1 is 0.878 bits per heavy atom. The molecule has 0 bridgehead atoms. The van der Waals surface area contributed by atoms with Crippen LogP contribution in [-0.2, 0) is 14.4 Å². The lowest BCUT2D eigenvalue weighted by Crippen LogP contribution is -2.50. The molecule has 0 radical (unpaired) electrons. The van der Waals surface area contributed by atoms with Gasteiger partial charge in [0, 0.05) is 35.6 Å². The first-order chi connectivity index (χ1) is 19.7. The van der Waals surface area contributed by atoms with Crippen LogP contribution < -0.4 is 19.9 Å². The van der Waals surface area contributed by atoms with Crippen LogP contribution in [0.2, 0.25) is 0 Å². The van der Waals surface area contributed by atoms with Crippen LogP contribution in [0.4, 0.5) is 28.4 Å². The van der Waals surface area contributed by atoms with Crippen LogP contribution in [0.3, 0.4) is 0 Å². The Morgan fingerprint density at radius 2 is 1.54 bits per heavy atom. The summed E-state index contributed by atoms with van der Waals surface area (Å²) in [5.41, 5.74) is 1.17. The van der Waals surface area contributed by atoms with Gasteiger partial charge in [-0.25, -0.2) is 4.90 Å². The molecule has 3 amide bonds. The van der Waals surface area contributed by atoms with Crippen molar-refractivity contribution in [2.24, 2.45) is 11.8 Å². The Bertz CT molecular complexity index is 1670. The maximum atomic E-state index is 14.1. The largest absolute Gasteiger partial charge is 0.495 e. The van der Waals surface area contributed by atoms with Gasteiger partial charge in [-0.3, -0.25) is 34.6 Å². The molecular formula is C28H21N5O8. The summed E-state index contributed by atoms with van der Waals surface area (Å²) in [6.45, 7) is 0. The van der Waals surface area contributed by atoms with Gasteiger partial charge in [0.05, 0.1) is 34.8 Å². The second kappa shape index (κ2) is 9.55. The number of amides is 3. The van der Waals surface area contributed by atoms with Crippen LogP contribution >= 0.6 is 0 Å². The Balaban J connectivity index is 1.43. The summed E-state index contributed by atoms with van der Waals surface area (Å²) in [4.78, 5) is 65.9. The zero-order valence-corrected chi connectivity index (χ0v) is 21.4. The fourth-order valence-corrected chi connectivity index (χ4v) is 5.90. The normalized spacial score (nSPS) is 22.2. The van der Waals surface area contributed by atoms with Gasteiger partial charge in [0.25, 0.3) is 11.4 Å². The quantitative estimate of drug-likeness (QED) is 0.272. The van der Waals surface area contributed by atoms with E-state index < -0.39 is 51.5 Å². The molecule has 4 atom stereocenters. The van der Waals surface area contributed by atoms with Crippen molar-refractivity contribution in [2.45, 2.75) is 12.1 Å². The Labute approximate surface area is 231 Å². The van der Waals surface area contributed by atoms with E-state index in [4.69, 9.17) is 4.74 Å². The molecule has 3 aromatic carbocycles. The smallest absolute Gasteiger partial charge is 0.271 e. The summed E-state index contributed by atoms with van der Waals surface area (Å²) in [5.74, 6) is -3.90. The standard InChI is InChI=1S/C28H21N5O8/c1-41-22-13-11-18(33(39)40)14-21(22)31-27(35)23-20-12-6-15-4-2-3-5-19(15)30(20)25(24(23)28(31)36)26(34)29-16-7-9-17(10-8-16)32(37)38/h2-14,20,23-25H,1H3,(H,29,34)/t20-,23-,24+,25-/m0/s1. The first-order valence-corrected chi connectivity index (χ1v) is 12.5. The molecule has 41 heavy (non-hydrogen) atoms. The molecule has 206 valence electrons. The number of para-hydroxylation sites is 1. The molecule has 2 saturated heterocycles. The van der Waals surface area contributed by atoms with Gasteiger partial charge in [-0.15, -0.1) is 0 Å². The van der Waals surface area contributed by atoms with Crippen LogP contribution in [-0.4, -0.2) is 46.8 Å². The number of nitro groups is 2. The summed E-state index contributed by atoms with van der Waals surface area (Å²) >= 11 is 0. The number of hydrogen-bond acceptors (Lipinski definition) is 9. The van der Waals surface area contributed by atoms with Crippen molar-refractivity contribution in [1.29, 1.82) is 0 Å². The van der Waals surface area contributed by atoms with Gasteiger partial charge in [-0.2, -0.15) is 0 Å². The van der Waals surface area contributed by atoms with Crippen molar-refractivity contribution in [3.63, 3.8) is 0 Å². The number of carbonyl (C=O) groups excluding carboxylic acids is 3. The highest BCUT2D eigenvalue weighted by Crippen LogP contribution is 2.50. The Kier molecular flexibility index (Phi) is 5.98. The Morgan fingerprint density at radius 3 is 2.22 bits per heavy atom. The van der Waals surface area contributed by atoms with E-state index in [1.807, 2.05) is 18.2 Å². The number of anilines is 3. The molecule has 6 rings (SSSR count). The number of fused-ring (bicyclic) bond motifs is 5. The molecule has 13 nitrogen and oxygen atoms in total. The predicted molar refractivity (Wildman–Crippen MR) is 146 cm³/mol. The number of ether oxygens (including phenoxy) is 1. The van der Waals surface area contributed by atoms with Crippen LogP contribution in [0.1, 0.15) is 5.56 Å². The molecule has 3 aromatic rings. The summed E-state index contributed by atoms with van der Waals surface area (Å²) in [6, 6.07) is 14.3. The van der Waals surface area contributed by atoms with Gasteiger partial charge in [0.15, 0.2) is 0 Å². The van der Waals surface area contributed by atoms with E-state index in [9.17, 15) is 34.6 Å². The monoisotopic (exact) mass is 555 g/mol. The van der Waals surface area contributed by atoms with Gasteiger partial charge >= 0.3 is 0 Å². The maximum Gasteiger partial charge on any atom is 0.271 e. The minimum Gasteiger partial charge on any atom is -0.495 e. The molecule has 0 aliphatic carbocycles. The summed E-state index contributed by atoms with van der Waals surface area (Å²) in [7, 11) is 1.32. The molecule has 0 aromatic heterocycles. The van der Waals surface area contributed by atoms with E-state index >= 15 is 0 Å². The predicted octanol–water partition coefficient (Wildman–Crippen LogP) is 3.54. The average Bonchev–Trinajstić information content (AvgIpc) is 3.45. The average molecular weight is 556 g/mol. The van der Waals surface area contributed by atoms with Gasteiger partial charge in [-0.1, -0.05) is 30.4 Å². The summed E-state index contributed by atoms with van der Waals surface area (Å²) in [5, 5.41) is 25.3.